The Balaban J connectivity index is 1.94. The third-order valence-corrected chi connectivity index (χ3v) is 4.68. The van der Waals surface area contributed by atoms with Gasteiger partial charge in [0.05, 0.1) is 11.5 Å². The van der Waals surface area contributed by atoms with E-state index in [0.29, 0.717) is 25.7 Å². The first-order valence-corrected chi connectivity index (χ1v) is 10.3. The summed E-state index contributed by atoms with van der Waals surface area (Å²) >= 11 is 0. The maximum atomic E-state index is 11.5. The van der Waals surface area contributed by atoms with E-state index in [2.05, 4.69) is 15.6 Å². The molecule has 2 rings (SSSR count). The molecule has 152 valence electrons. The van der Waals surface area contributed by atoms with E-state index in [9.17, 15) is 8.42 Å². The van der Waals surface area contributed by atoms with E-state index in [1.807, 2.05) is 30.3 Å². The average Bonchev–Trinajstić information content (AvgIpc) is 2.68. The first kappa shape index (κ1) is 21.7. The highest BCUT2D eigenvalue weighted by atomic mass is 32.2. The molecule has 0 atom stereocenters. The maximum absolute atomic E-state index is 11.5. The summed E-state index contributed by atoms with van der Waals surface area (Å²) in [5.41, 5.74) is 1.58. The number of benzene rings is 2. The van der Waals surface area contributed by atoms with Crippen LogP contribution in [0.4, 0.5) is 5.69 Å². The van der Waals surface area contributed by atoms with Crippen LogP contribution in [0.2, 0.25) is 0 Å². The van der Waals surface area contributed by atoms with E-state index in [-0.39, 0.29) is 4.90 Å². The summed E-state index contributed by atoms with van der Waals surface area (Å²) in [7, 11) is -0.415. The molecule has 9 heteroatoms. The number of hydrogen-bond donors (Lipinski definition) is 3. The molecule has 2 aromatic rings. The molecule has 0 unspecified atom stereocenters. The number of methoxy groups -OCH3 is 1. The number of hydrogen-bond acceptors (Lipinski definition) is 5. The molecule has 0 aliphatic heterocycles. The molecule has 0 fully saturated rings. The first-order valence-electron chi connectivity index (χ1n) is 8.73. The van der Waals surface area contributed by atoms with Crippen LogP contribution in [0, 0.1) is 0 Å². The Morgan fingerprint density at radius 2 is 1.93 bits per heavy atom. The molecule has 0 saturated carbocycles. The zero-order valence-corrected chi connectivity index (χ0v) is 16.8. The second kappa shape index (κ2) is 10.6. The molecule has 0 aliphatic rings. The van der Waals surface area contributed by atoms with Gasteiger partial charge in [-0.3, -0.25) is 4.99 Å². The topological polar surface area (TPSA) is 115 Å². The molecular formula is C19H26N4O4S. The highest BCUT2D eigenvalue weighted by molar-refractivity contribution is 7.89. The minimum atomic E-state index is -3.73. The van der Waals surface area contributed by atoms with Gasteiger partial charge in [-0.1, -0.05) is 18.2 Å². The largest absolute Gasteiger partial charge is 0.493 e. The SMILES string of the molecule is CN=C(NCc1cccc(S(N)(=O)=O)c1)Nc1cccc(OCCCOC)c1. The summed E-state index contributed by atoms with van der Waals surface area (Å²) in [5.74, 6) is 1.29. The number of ether oxygens (including phenoxy) is 2. The standard InChI is InChI=1S/C19H26N4O4S/c1-21-19(22-14-15-6-3-9-18(12-15)28(20,24)25)23-16-7-4-8-17(13-16)27-11-5-10-26-2/h3-4,6-9,12-13H,5,10-11,14H2,1-2H3,(H2,20,24,25)(H2,21,22,23). The molecule has 28 heavy (non-hydrogen) atoms. The molecule has 0 spiro atoms. The smallest absolute Gasteiger partial charge is 0.238 e. The molecule has 0 bridgehead atoms. The van der Waals surface area contributed by atoms with Crippen LogP contribution in [0.5, 0.6) is 5.75 Å². The number of guanidine groups is 1. The number of sulfonamides is 1. The summed E-state index contributed by atoms with van der Waals surface area (Å²) in [6, 6.07) is 14.0. The predicted octanol–water partition coefficient (Wildman–Crippen LogP) is 1.94. The summed E-state index contributed by atoms with van der Waals surface area (Å²) in [6.45, 7) is 1.61. The molecule has 4 N–H and O–H groups in total. The van der Waals surface area contributed by atoms with Crippen LogP contribution in [0.3, 0.4) is 0 Å². The van der Waals surface area contributed by atoms with Gasteiger partial charge in [0.15, 0.2) is 5.96 Å². The lowest BCUT2D eigenvalue weighted by Gasteiger charge is -2.13. The third-order valence-electron chi connectivity index (χ3n) is 3.77. The van der Waals surface area contributed by atoms with Crippen molar-refractivity contribution >= 4 is 21.7 Å². The average molecular weight is 407 g/mol. The number of rotatable bonds is 9. The van der Waals surface area contributed by atoms with Crippen molar-refractivity contribution in [2.45, 2.75) is 17.9 Å². The maximum Gasteiger partial charge on any atom is 0.238 e. The van der Waals surface area contributed by atoms with Crippen molar-refractivity contribution in [2.75, 3.05) is 32.7 Å². The summed E-state index contributed by atoms with van der Waals surface area (Å²) < 4.78 is 33.6. The Bertz CT molecular complexity index is 900. The number of anilines is 1. The number of nitrogens with zero attached hydrogens (tertiary/aromatic N) is 1. The summed E-state index contributed by atoms with van der Waals surface area (Å²) in [5, 5.41) is 11.5. The van der Waals surface area contributed by atoms with Gasteiger partial charge in [-0.15, -0.1) is 0 Å². The van der Waals surface area contributed by atoms with Crippen LogP contribution in [0.1, 0.15) is 12.0 Å². The fraction of sp³-hybridized carbons (Fsp3) is 0.316. The van der Waals surface area contributed by atoms with Crippen LogP contribution >= 0.6 is 0 Å². The van der Waals surface area contributed by atoms with Gasteiger partial charge in [-0.05, 0) is 29.8 Å². The van der Waals surface area contributed by atoms with Gasteiger partial charge in [-0.2, -0.15) is 0 Å². The van der Waals surface area contributed by atoms with E-state index < -0.39 is 10.0 Å². The molecular weight excluding hydrogens is 380 g/mol. The van der Waals surface area contributed by atoms with Crippen LogP contribution in [-0.4, -0.2) is 41.7 Å². The zero-order chi connectivity index (χ0) is 20.4. The van der Waals surface area contributed by atoms with Gasteiger partial charge in [0.25, 0.3) is 0 Å². The van der Waals surface area contributed by atoms with Crippen LogP contribution < -0.4 is 20.5 Å². The van der Waals surface area contributed by atoms with E-state index in [0.717, 1.165) is 23.4 Å². The Labute approximate surface area is 165 Å². The van der Waals surface area contributed by atoms with Gasteiger partial charge >= 0.3 is 0 Å². The molecule has 8 nitrogen and oxygen atoms in total. The molecule has 0 aliphatic carbocycles. The Morgan fingerprint density at radius 1 is 1.14 bits per heavy atom. The normalized spacial score (nSPS) is 11.9. The van der Waals surface area contributed by atoms with E-state index in [1.165, 1.54) is 12.1 Å². The van der Waals surface area contributed by atoms with Crippen LogP contribution in [0.25, 0.3) is 0 Å². The molecule has 0 amide bonds. The van der Waals surface area contributed by atoms with Crippen molar-refractivity contribution in [3.05, 3.63) is 54.1 Å². The van der Waals surface area contributed by atoms with E-state index in [4.69, 9.17) is 14.6 Å². The fourth-order valence-electron chi connectivity index (χ4n) is 2.39. The first-order chi connectivity index (χ1) is 13.4. The van der Waals surface area contributed by atoms with Crippen molar-refractivity contribution in [2.24, 2.45) is 10.1 Å². The lowest BCUT2D eigenvalue weighted by atomic mass is 10.2. The second-order valence-electron chi connectivity index (χ2n) is 5.97. The number of primary sulfonamides is 1. The van der Waals surface area contributed by atoms with E-state index >= 15 is 0 Å². The van der Waals surface area contributed by atoms with Crippen molar-refractivity contribution in [3.8, 4) is 5.75 Å². The van der Waals surface area contributed by atoms with Crippen LogP contribution in [-0.2, 0) is 21.3 Å². The molecule has 0 heterocycles. The molecule has 0 radical (unpaired) electrons. The van der Waals surface area contributed by atoms with Crippen molar-refractivity contribution < 1.29 is 17.9 Å². The molecule has 0 aromatic heterocycles. The number of nitrogens with two attached hydrogens (primary N) is 1. The highest BCUT2D eigenvalue weighted by Gasteiger charge is 2.08. The van der Waals surface area contributed by atoms with Gasteiger partial charge in [0.2, 0.25) is 10.0 Å². The Hall–Kier alpha value is -2.62. The highest BCUT2D eigenvalue weighted by Crippen LogP contribution is 2.17. The zero-order valence-electron chi connectivity index (χ0n) is 16.0. The van der Waals surface area contributed by atoms with Gasteiger partial charge < -0.3 is 20.1 Å². The van der Waals surface area contributed by atoms with Gasteiger partial charge in [-0.25, -0.2) is 13.6 Å². The van der Waals surface area contributed by atoms with E-state index in [1.54, 1.807) is 20.2 Å². The minimum absolute atomic E-state index is 0.0769. The second-order valence-corrected chi connectivity index (χ2v) is 7.53. The van der Waals surface area contributed by atoms with Gasteiger partial charge in [0.1, 0.15) is 5.75 Å². The molecule has 0 saturated heterocycles. The monoisotopic (exact) mass is 406 g/mol. The third kappa shape index (κ3) is 7.18. The number of nitrogens with one attached hydrogen (secondary N) is 2. The lowest BCUT2D eigenvalue weighted by Crippen LogP contribution is -2.30. The Kier molecular flexibility index (Phi) is 8.24. The fourth-order valence-corrected chi connectivity index (χ4v) is 2.97. The quantitative estimate of drug-likeness (QED) is 0.333. The summed E-state index contributed by atoms with van der Waals surface area (Å²) in [4.78, 5) is 4.26. The van der Waals surface area contributed by atoms with Crippen molar-refractivity contribution in [3.63, 3.8) is 0 Å². The lowest BCUT2D eigenvalue weighted by molar-refractivity contribution is 0.172. The Morgan fingerprint density at radius 3 is 2.64 bits per heavy atom. The van der Waals surface area contributed by atoms with Crippen molar-refractivity contribution in [1.82, 2.24) is 5.32 Å². The summed E-state index contributed by atoms with van der Waals surface area (Å²) in [6.07, 6.45) is 0.814. The molecule has 2 aromatic carbocycles. The predicted molar refractivity (Wildman–Crippen MR) is 110 cm³/mol. The van der Waals surface area contributed by atoms with Crippen molar-refractivity contribution in [1.29, 1.82) is 0 Å². The van der Waals surface area contributed by atoms with Crippen LogP contribution in [0.15, 0.2) is 58.4 Å². The number of aliphatic imine (C=N–C) groups is 1. The van der Waals surface area contributed by atoms with Gasteiger partial charge in [0, 0.05) is 45.5 Å². The minimum Gasteiger partial charge on any atom is -0.493 e.